The number of hydrogen-bond donors (Lipinski definition) is 1. The zero-order chi connectivity index (χ0) is 46.4. The number of rotatable bonds is 20. The fourth-order valence-corrected chi connectivity index (χ4v) is 10.2. The second-order valence-corrected chi connectivity index (χ2v) is 19.5. The van der Waals surface area contributed by atoms with Crippen molar-refractivity contribution in [2.24, 2.45) is 50.5 Å². The maximum absolute atomic E-state index is 14.4. The number of fused-ring (bicyclic) bond motifs is 5. The molecule has 1 saturated heterocycles. The number of allylic oxidation sites excluding steroid dienone is 12. The number of hydrogen-bond acceptors (Lipinski definition) is 9. The molecule has 0 amide bonds. The first-order valence-electron chi connectivity index (χ1n) is 24.1. The van der Waals surface area contributed by atoms with Crippen LogP contribution in [0.25, 0.3) is 0 Å². The van der Waals surface area contributed by atoms with E-state index in [1.807, 2.05) is 44.2 Å². The van der Waals surface area contributed by atoms with Crippen LogP contribution in [0.3, 0.4) is 0 Å². The molecule has 1 N–H and O–H groups in total. The average molecular weight is 895 g/mol. The van der Waals surface area contributed by atoms with Crippen molar-refractivity contribution < 1.29 is 24.2 Å². The molecule has 0 aromatic rings. The van der Waals surface area contributed by atoms with Crippen LogP contribution in [0.2, 0.25) is 0 Å². The van der Waals surface area contributed by atoms with Gasteiger partial charge in [0.25, 0.3) is 0 Å². The van der Waals surface area contributed by atoms with Crippen LogP contribution >= 0.6 is 0 Å². The molecule has 9 nitrogen and oxygen atoms in total. The summed E-state index contributed by atoms with van der Waals surface area (Å²) in [6, 6.07) is 0. The summed E-state index contributed by atoms with van der Waals surface area (Å²) < 4.78 is 11.1. The molecule has 6 aliphatic rings. The summed E-state index contributed by atoms with van der Waals surface area (Å²) in [4.78, 5) is 42.3. The molecular formula is C55H73MgN4O5+. The van der Waals surface area contributed by atoms with Gasteiger partial charge in [-0.1, -0.05) is 105 Å². The van der Waals surface area contributed by atoms with Gasteiger partial charge in [0.15, 0.2) is 0 Å². The van der Waals surface area contributed by atoms with E-state index < -0.39 is 11.9 Å². The Morgan fingerprint density at radius 3 is 2.17 bits per heavy atom. The van der Waals surface area contributed by atoms with Gasteiger partial charge in [-0.05, 0) is 123 Å². The predicted molar refractivity (Wildman–Crippen MR) is 265 cm³/mol. The van der Waals surface area contributed by atoms with Crippen LogP contribution in [0.5, 0.6) is 0 Å². The van der Waals surface area contributed by atoms with E-state index in [4.69, 9.17) is 24.5 Å². The maximum atomic E-state index is 14.4. The Labute approximate surface area is 405 Å². The third-order valence-electron chi connectivity index (χ3n) is 14.3. The van der Waals surface area contributed by atoms with Crippen molar-refractivity contribution >= 4 is 52.1 Å². The van der Waals surface area contributed by atoms with Gasteiger partial charge < -0.3 is 19.9 Å². The molecule has 5 heterocycles. The summed E-state index contributed by atoms with van der Waals surface area (Å²) in [5, 5.41) is 18.0. The van der Waals surface area contributed by atoms with Gasteiger partial charge in [-0.25, -0.2) is 15.0 Å². The Morgan fingerprint density at radius 2 is 1.52 bits per heavy atom. The quantitative estimate of drug-likeness (QED) is 0.0737. The van der Waals surface area contributed by atoms with Gasteiger partial charge >= 0.3 is 35.0 Å². The Morgan fingerprint density at radius 1 is 0.877 bits per heavy atom. The number of carbonyl (C=O) groups is 2. The molecule has 1 fully saturated rings. The van der Waals surface area contributed by atoms with Crippen LogP contribution in [0.4, 0.5) is 0 Å². The molecule has 0 radical (unpaired) electrons. The van der Waals surface area contributed by atoms with Gasteiger partial charge in [-0.2, -0.15) is 0 Å². The van der Waals surface area contributed by atoms with E-state index in [1.165, 1.54) is 57.6 Å². The molecule has 65 heavy (non-hydrogen) atoms. The minimum Gasteiger partial charge on any atom is -0.874 e. The van der Waals surface area contributed by atoms with Crippen LogP contribution in [0, 0.1) is 35.5 Å². The first-order valence-corrected chi connectivity index (χ1v) is 24.1. The van der Waals surface area contributed by atoms with Crippen LogP contribution in [0.15, 0.2) is 131 Å². The molecule has 5 unspecified atom stereocenters. The van der Waals surface area contributed by atoms with E-state index in [1.54, 1.807) is 0 Å². The Bertz CT molecular complexity index is 2300. The molecule has 0 aromatic heterocycles. The number of esters is 2. The smallest absolute Gasteiger partial charge is 0.874 e. The fraction of sp³-hybridized carbons (Fsp3) is 0.545. The summed E-state index contributed by atoms with van der Waals surface area (Å²) in [5.41, 5.74) is 12.8. The summed E-state index contributed by atoms with van der Waals surface area (Å²) >= 11 is 0. The van der Waals surface area contributed by atoms with Gasteiger partial charge in [0.2, 0.25) is 0 Å². The molecule has 10 heteroatoms. The van der Waals surface area contributed by atoms with Crippen molar-refractivity contribution in [3.05, 3.63) is 116 Å². The van der Waals surface area contributed by atoms with E-state index >= 15 is 0 Å². The number of carbonyl (C=O) groups excluding carboxylic acids is 2. The van der Waals surface area contributed by atoms with Crippen molar-refractivity contribution in [1.29, 1.82) is 0 Å². The summed E-state index contributed by atoms with van der Waals surface area (Å²) in [5.74, 6) is -0.510. The van der Waals surface area contributed by atoms with Gasteiger partial charge in [0, 0.05) is 40.8 Å². The minimum atomic E-state index is -1.19. The summed E-state index contributed by atoms with van der Waals surface area (Å²) in [6.45, 7) is 26.1. The van der Waals surface area contributed by atoms with Gasteiger partial charge in [0.05, 0.1) is 47.3 Å². The zero-order valence-electron chi connectivity index (χ0n) is 41.3. The molecule has 6 rings (SSSR count). The third kappa shape index (κ3) is 11.6. The average Bonchev–Trinajstić information content (AvgIpc) is 3.99. The van der Waals surface area contributed by atoms with E-state index in [0.717, 1.165) is 81.9 Å². The van der Waals surface area contributed by atoms with Crippen molar-refractivity contribution in [1.82, 2.24) is 5.32 Å². The minimum absolute atomic E-state index is 0. The number of methoxy groups -OCH3 is 1. The van der Waals surface area contributed by atoms with E-state index in [0.29, 0.717) is 46.2 Å². The zero-order valence-corrected chi connectivity index (χ0v) is 42.8. The fourth-order valence-electron chi connectivity index (χ4n) is 10.2. The Balaban J connectivity index is 0.00000793. The van der Waals surface area contributed by atoms with Crippen LogP contribution in [-0.2, 0) is 19.1 Å². The summed E-state index contributed by atoms with van der Waals surface area (Å²) in [7, 11) is 1.31. The topological polar surface area (TPSA) is 125 Å². The Kier molecular flexibility index (Phi) is 18.3. The molecule has 1 aliphatic carbocycles. The monoisotopic (exact) mass is 894 g/mol. The van der Waals surface area contributed by atoms with Gasteiger partial charge in [0.1, 0.15) is 6.61 Å². The van der Waals surface area contributed by atoms with Crippen molar-refractivity contribution in [2.75, 3.05) is 13.7 Å². The van der Waals surface area contributed by atoms with Crippen LogP contribution in [-0.4, -0.2) is 65.8 Å². The first kappa shape index (κ1) is 51.7. The largest absolute Gasteiger partial charge is 2.00 e. The van der Waals surface area contributed by atoms with E-state index in [2.05, 4.69) is 67.3 Å². The SMILES string of the molecule is C=CC1=C(C)C2=NC1=CC1=NC(=CC3=C(C)C4=C([O-])C(C(=O)OC)C(=C5NC(=C2)C(C)C5CCC(=O)OCC=C(C)CCCC(C)CCCC(C)CCCC(C)C)C4=N3)C(CC)=C1C.[Mg+2]. The number of ether oxygens (including phenoxy) is 2. The first-order chi connectivity index (χ1) is 30.6. The maximum Gasteiger partial charge on any atom is 2.00 e. The molecule has 0 aromatic carbocycles. The molecule has 0 saturated carbocycles. The third-order valence-corrected chi connectivity index (χ3v) is 14.3. The van der Waals surface area contributed by atoms with Crippen molar-refractivity contribution in [3.8, 4) is 0 Å². The predicted octanol–water partition coefficient (Wildman–Crippen LogP) is 11.4. The van der Waals surface area contributed by atoms with E-state index in [9.17, 15) is 14.7 Å². The molecule has 5 aliphatic heterocycles. The van der Waals surface area contributed by atoms with E-state index in [-0.39, 0.29) is 59.6 Å². The molecule has 5 atom stereocenters. The van der Waals surface area contributed by atoms with Crippen molar-refractivity contribution in [3.63, 3.8) is 0 Å². The number of nitrogens with one attached hydrogen (secondary N) is 1. The Hall–Kier alpha value is -4.28. The normalized spacial score (nSPS) is 22.4. The second-order valence-electron chi connectivity index (χ2n) is 19.5. The van der Waals surface area contributed by atoms with Gasteiger partial charge in [-0.15, -0.1) is 5.76 Å². The summed E-state index contributed by atoms with van der Waals surface area (Å²) in [6.07, 6.45) is 22.5. The van der Waals surface area contributed by atoms with Crippen LogP contribution in [0.1, 0.15) is 146 Å². The van der Waals surface area contributed by atoms with Crippen LogP contribution < -0.4 is 10.4 Å². The number of nitrogens with zero attached hydrogens (tertiary/aromatic N) is 3. The molecule has 8 bridgehead atoms. The second kappa shape index (κ2) is 22.9. The van der Waals surface area contributed by atoms with Gasteiger partial charge in [-0.3, -0.25) is 9.59 Å². The molecule has 0 spiro atoms. The molecular weight excluding hydrogens is 821 g/mol. The number of aliphatic imine (C=N–C) groups is 3. The standard InChI is InChI=1S/C55H74N4O5.Mg/c1-13-39-35(8)42-28-44-37(10)41(24-25-48(60)64-27-26-34(7)23-17-22-33(6)21-16-20-32(5)19-15-18-31(3)4)52(58-44)50-51(55(62)63-12)54(61)49-38(11)45(59-53(49)50)30-47-40(14-2)36(9)43(57-47)29-46(39)56-42;/h13,26,28-33,37,41,51,58,61H,1,14-25,27H2,2-12H3;/q;+2/p-1. The van der Waals surface area contributed by atoms with Crippen molar-refractivity contribution in [2.45, 2.75) is 146 Å². The molecule has 344 valence electrons.